The van der Waals surface area contributed by atoms with Crippen LogP contribution in [0.4, 0.5) is 10.8 Å². The highest BCUT2D eigenvalue weighted by molar-refractivity contribution is 7.14. The number of pyridine rings is 1. The molecule has 4 heterocycles. The number of imide groups is 1. The van der Waals surface area contributed by atoms with Crippen LogP contribution in [0.2, 0.25) is 0 Å². The summed E-state index contributed by atoms with van der Waals surface area (Å²) < 4.78 is 1.69. The predicted octanol–water partition coefficient (Wildman–Crippen LogP) is 2.60. The van der Waals surface area contributed by atoms with E-state index in [0.29, 0.717) is 18.7 Å². The van der Waals surface area contributed by atoms with Crippen LogP contribution in [-0.2, 0) is 27.9 Å². The monoisotopic (exact) mass is 480 g/mol. The van der Waals surface area contributed by atoms with Gasteiger partial charge in [0.25, 0.3) is 5.91 Å². The Morgan fingerprint density at radius 1 is 1.29 bits per heavy atom. The van der Waals surface area contributed by atoms with Crippen molar-refractivity contribution in [2.75, 3.05) is 17.7 Å². The average Bonchev–Trinajstić information content (AvgIpc) is 3.50. The van der Waals surface area contributed by atoms with E-state index in [-0.39, 0.29) is 30.1 Å². The molecule has 1 aliphatic rings. The first-order valence-corrected chi connectivity index (χ1v) is 12.0. The van der Waals surface area contributed by atoms with Crippen molar-refractivity contribution in [3.63, 3.8) is 0 Å². The van der Waals surface area contributed by atoms with Crippen LogP contribution in [0.15, 0.2) is 48.1 Å². The maximum Gasteiger partial charge on any atom is 0.251 e. The second kappa shape index (κ2) is 9.76. The molecule has 178 valence electrons. The number of anilines is 2. The second-order valence-electron chi connectivity index (χ2n) is 8.52. The van der Waals surface area contributed by atoms with Crippen LogP contribution in [0.3, 0.4) is 0 Å². The van der Waals surface area contributed by atoms with Gasteiger partial charge in [0.05, 0.1) is 16.6 Å². The molecule has 10 heteroatoms. The smallest absolute Gasteiger partial charge is 0.251 e. The summed E-state index contributed by atoms with van der Waals surface area (Å²) in [5.74, 6) is -1.41. The summed E-state index contributed by atoms with van der Waals surface area (Å²) in [4.78, 5) is 46.7. The van der Waals surface area contributed by atoms with Gasteiger partial charge in [-0.25, -0.2) is 4.98 Å². The molecule has 1 aliphatic heterocycles. The average molecular weight is 481 g/mol. The number of carbonyl (C=O) groups is 3. The Bertz CT molecular complexity index is 1190. The number of nitrogens with zero attached hydrogens (tertiary/aromatic N) is 5. The number of nitrogens with two attached hydrogens (primary N) is 1. The summed E-state index contributed by atoms with van der Waals surface area (Å²) in [6, 6.07) is 8.16. The van der Waals surface area contributed by atoms with Gasteiger partial charge in [-0.3, -0.25) is 24.0 Å². The minimum atomic E-state index is -0.872. The third-order valence-electron chi connectivity index (χ3n) is 6.27. The third-order valence-corrected chi connectivity index (χ3v) is 7.22. The van der Waals surface area contributed by atoms with E-state index >= 15 is 0 Å². The van der Waals surface area contributed by atoms with E-state index in [1.807, 2.05) is 43.7 Å². The minimum absolute atomic E-state index is 0.112. The van der Waals surface area contributed by atoms with Gasteiger partial charge in [0, 0.05) is 38.8 Å². The highest BCUT2D eigenvalue weighted by Gasteiger charge is 2.55. The Hall–Kier alpha value is -3.53. The topological polar surface area (TPSA) is 114 Å². The van der Waals surface area contributed by atoms with Crippen molar-refractivity contribution in [2.24, 2.45) is 13.0 Å². The number of amides is 3. The predicted molar refractivity (Wildman–Crippen MR) is 130 cm³/mol. The van der Waals surface area contributed by atoms with Crippen molar-refractivity contribution in [1.82, 2.24) is 19.7 Å². The summed E-state index contributed by atoms with van der Waals surface area (Å²) in [5, 5.41) is 7.05. The van der Waals surface area contributed by atoms with E-state index < -0.39 is 12.0 Å². The number of likely N-dealkylation sites (N-methyl/N-ethyl adjacent to an activating group) is 1. The van der Waals surface area contributed by atoms with Crippen LogP contribution in [-0.4, -0.2) is 50.5 Å². The number of hydrogen-bond acceptors (Lipinski definition) is 7. The molecule has 0 saturated carbocycles. The molecule has 0 radical (unpaired) electrons. The normalized spacial score (nSPS) is 18.4. The lowest BCUT2D eigenvalue weighted by molar-refractivity contribution is -0.170. The number of rotatable bonds is 8. The van der Waals surface area contributed by atoms with Gasteiger partial charge in [-0.15, -0.1) is 11.3 Å². The van der Waals surface area contributed by atoms with Gasteiger partial charge in [-0.05, 0) is 54.1 Å². The fourth-order valence-electron chi connectivity index (χ4n) is 4.37. The Balaban J connectivity index is 1.58. The van der Waals surface area contributed by atoms with Gasteiger partial charge in [-0.2, -0.15) is 5.10 Å². The number of hydrogen-bond donors (Lipinski definition) is 1. The summed E-state index contributed by atoms with van der Waals surface area (Å²) >= 11 is 1.42. The van der Waals surface area contributed by atoms with Crippen molar-refractivity contribution >= 4 is 39.9 Å². The zero-order chi connectivity index (χ0) is 24.4. The molecule has 1 fully saturated rings. The van der Waals surface area contributed by atoms with Crippen LogP contribution in [0.5, 0.6) is 0 Å². The van der Waals surface area contributed by atoms with Crippen molar-refractivity contribution in [3.8, 4) is 0 Å². The summed E-state index contributed by atoms with van der Waals surface area (Å²) in [6.07, 6.45) is 4.51. The molecule has 3 amide bonds. The zero-order valence-electron chi connectivity index (χ0n) is 19.4. The lowest BCUT2D eigenvalue weighted by Crippen LogP contribution is -2.69. The fraction of sp³-hybridized carbons (Fsp3) is 0.375. The zero-order valence-corrected chi connectivity index (χ0v) is 20.2. The Labute approximate surface area is 202 Å². The van der Waals surface area contributed by atoms with E-state index in [4.69, 9.17) is 5.73 Å². The molecule has 34 heavy (non-hydrogen) atoms. The molecule has 4 rings (SSSR count). The van der Waals surface area contributed by atoms with Gasteiger partial charge in [0.15, 0.2) is 0 Å². The van der Waals surface area contributed by atoms with Crippen molar-refractivity contribution in [2.45, 2.75) is 38.1 Å². The van der Waals surface area contributed by atoms with Gasteiger partial charge >= 0.3 is 0 Å². The standard InChI is InChI=1S/C24H28N6O3S/c1-4-16(18-8-10-28(2)27-18)14-20(31)30-22(24(33)29(3)21-6-5-11-34-21)17(23(30)32)12-15-7-9-26-19(25)13-15/h5-11,13,16-17,22H,4,12,14H2,1-3H3,(H2,25,26)/t16-,17+,22-/m0/s1. The molecule has 0 unspecified atom stereocenters. The molecule has 1 saturated heterocycles. The number of aromatic nitrogens is 3. The van der Waals surface area contributed by atoms with Crippen LogP contribution in [0.1, 0.15) is 36.9 Å². The SMILES string of the molecule is CC[C@@H](CC(=O)N1C(=O)[C@H](Cc2ccnc(N)c2)[C@H]1C(=O)N(C)c1cccs1)c1ccn(C)n1. The largest absolute Gasteiger partial charge is 0.384 e. The summed E-state index contributed by atoms with van der Waals surface area (Å²) in [7, 11) is 3.49. The van der Waals surface area contributed by atoms with Crippen molar-refractivity contribution in [1.29, 1.82) is 0 Å². The Morgan fingerprint density at radius 2 is 2.09 bits per heavy atom. The van der Waals surface area contributed by atoms with E-state index in [2.05, 4.69) is 10.1 Å². The number of aryl methyl sites for hydroxylation is 1. The first kappa shape index (κ1) is 23.6. The van der Waals surface area contributed by atoms with E-state index in [1.165, 1.54) is 16.2 Å². The Kier molecular flexibility index (Phi) is 6.78. The van der Waals surface area contributed by atoms with Crippen LogP contribution < -0.4 is 10.6 Å². The number of carbonyl (C=O) groups excluding carboxylic acids is 3. The molecule has 0 spiro atoms. The third kappa shape index (κ3) is 4.58. The first-order valence-electron chi connectivity index (χ1n) is 11.2. The Morgan fingerprint density at radius 3 is 2.71 bits per heavy atom. The fourth-order valence-corrected chi connectivity index (χ4v) is 5.07. The molecule has 3 atom stereocenters. The highest BCUT2D eigenvalue weighted by Crippen LogP contribution is 2.35. The highest BCUT2D eigenvalue weighted by atomic mass is 32.1. The number of likely N-dealkylation sites (tertiary alicyclic amines) is 1. The summed E-state index contributed by atoms with van der Waals surface area (Å²) in [6.45, 7) is 1.98. The second-order valence-corrected chi connectivity index (χ2v) is 9.44. The maximum absolute atomic E-state index is 13.5. The minimum Gasteiger partial charge on any atom is -0.384 e. The van der Waals surface area contributed by atoms with Crippen LogP contribution >= 0.6 is 11.3 Å². The number of nitrogen functional groups attached to an aromatic ring is 1. The van der Waals surface area contributed by atoms with Crippen LogP contribution in [0, 0.1) is 5.92 Å². The van der Waals surface area contributed by atoms with E-state index in [0.717, 1.165) is 21.2 Å². The lowest BCUT2D eigenvalue weighted by Gasteiger charge is -2.46. The molecule has 0 aliphatic carbocycles. The van der Waals surface area contributed by atoms with Gasteiger partial charge < -0.3 is 10.6 Å². The summed E-state index contributed by atoms with van der Waals surface area (Å²) in [5.41, 5.74) is 7.40. The lowest BCUT2D eigenvalue weighted by atomic mass is 9.80. The maximum atomic E-state index is 13.5. The molecule has 0 bridgehead atoms. The van der Waals surface area contributed by atoms with Gasteiger partial charge in [0.2, 0.25) is 11.8 Å². The molecule has 3 aromatic heterocycles. The quantitative estimate of drug-likeness (QED) is 0.496. The van der Waals surface area contributed by atoms with Crippen LogP contribution in [0.25, 0.3) is 0 Å². The van der Waals surface area contributed by atoms with E-state index in [1.54, 1.807) is 30.1 Å². The molecule has 0 aromatic carbocycles. The van der Waals surface area contributed by atoms with Gasteiger partial charge in [-0.1, -0.05) is 6.92 Å². The first-order chi connectivity index (χ1) is 16.3. The van der Waals surface area contributed by atoms with Gasteiger partial charge in [0.1, 0.15) is 11.9 Å². The number of β-lactam (4-membered cyclic amide) rings is 1. The number of thiophene rings is 1. The van der Waals surface area contributed by atoms with E-state index in [9.17, 15) is 14.4 Å². The van der Waals surface area contributed by atoms with Crippen molar-refractivity contribution < 1.29 is 14.4 Å². The van der Waals surface area contributed by atoms with Crippen molar-refractivity contribution in [3.05, 3.63) is 59.4 Å². The molecular formula is C24H28N6O3S. The molecule has 2 N–H and O–H groups in total. The molecule has 3 aromatic rings. The molecule has 9 nitrogen and oxygen atoms in total. The molecular weight excluding hydrogens is 452 g/mol.